The van der Waals surface area contributed by atoms with Crippen molar-refractivity contribution < 1.29 is 9.84 Å². The zero-order chi connectivity index (χ0) is 11.4. The summed E-state index contributed by atoms with van der Waals surface area (Å²) in [4.78, 5) is 0. The first-order chi connectivity index (χ1) is 7.77. The highest BCUT2D eigenvalue weighted by Crippen LogP contribution is 2.21. The average Bonchev–Trinajstić information content (AvgIpc) is 2.32. The highest BCUT2D eigenvalue weighted by atomic mass is 16.5. The monoisotopic (exact) mass is 217 g/mol. The molecule has 1 aromatic rings. The van der Waals surface area contributed by atoms with E-state index in [2.05, 4.69) is 0 Å². The average molecular weight is 217 g/mol. The van der Waals surface area contributed by atoms with Crippen LogP contribution in [0.4, 0.5) is 0 Å². The number of nitrogens with two attached hydrogens (primary N) is 1. The van der Waals surface area contributed by atoms with Gasteiger partial charge in [0.05, 0.1) is 0 Å². The van der Waals surface area contributed by atoms with Gasteiger partial charge in [-0.1, -0.05) is 30.3 Å². The third kappa shape index (κ3) is 2.37. The van der Waals surface area contributed by atoms with E-state index < -0.39 is 0 Å². The Bertz CT molecular complexity index is 421. The van der Waals surface area contributed by atoms with Gasteiger partial charge in [0.25, 0.3) is 0 Å². The molecule has 3 N–H and O–H groups in total. The molecule has 1 aliphatic rings. The predicted molar refractivity (Wildman–Crippen MR) is 62.4 cm³/mol. The summed E-state index contributed by atoms with van der Waals surface area (Å²) in [7, 11) is 0. The minimum Gasteiger partial charge on any atom is -0.510 e. The van der Waals surface area contributed by atoms with Gasteiger partial charge in [0.1, 0.15) is 23.8 Å². The van der Waals surface area contributed by atoms with E-state index in [1.54, 1.807) is 0 Å². The Hall–Kier alpha value is -1.90. The van der Waals surface area contributed by atoms with Gasteiger partial charge in [-0.05, 0) is 18.1 Å². The van der Waals surface area contributed by atoms with E-state index in [1.165, 1.54) is 0 Å². The summed E-state index contributed by atoms with van der Waals surface area (Å²) in [6.07, 6.45) is 3.29. The Balaban J connectivity index is 1.99. The molecule has 16 heavy (non-hydrogen) atoms. The van der Waals surface area contributed by atoms with Crippen LogP contribution in [0.15, 0.2) is 53.6 Å². The molecule has 0 amide bonds. The van der Waals surface area contributed by atoms with Crippen LogP contribution in [-0.4, -0.2) is 5.11 Å². The molecule has 3 nitrogen and oxygen atoms in total. The van der Waals surface area contributed by atoms with Crippen molar-refractivity contribution in [2.45, 2.75) is 19.4 Å². The fourth-order valence-corrected chi connectivity index (χ4v) is 1.60. The third-order valence-electron chi connectivity index (χ3n) is 2.52. The standard InChI is InChI=1S/C13H15NO2/c14-13-11(15)7-4-8-12(13)16-9-10-5-2-1-3-6-10/h1-3,5-6,8,15H,4,7,9,14H2. The van der Waals surface area contributed by atoms with Crippen LogP contribution in [0.1, 0.15) is 18.4 Å². The first kappa shape index (κ1) is 10.6. The molecule has 0 fully saturated rings. The molecule has 1 aromatic carbocycles. The number of aliphatic hydroxyl groups is 1. The van der Waals surface area contributed by atoms with Crippen molar-refractivity contribution in [1.82, 2.24) is 0 Å². The van der Waals surface area contributed by atoms with E-state index >= 15 is 0 Å². The molecule has 0 atom stereocenters. The smallest absolute Gasteiger partial charge is 0.142 e. The Morgan fingerprint density at radius 2 is 2.00 bits per heavy atom. The van der Waals surface area contributed by atoms with Crippen molar-refractivity contribution in [3.8, 4) is 0 Å². The summed E-state index contributed by atoms with van der Waals surface area (Å²) < 4.78 is 5.57. The third-order valence-corrected chi connectivity index (χ3v) is 2.52. The van der Waals surface area contributed by atoms with Gasteiger partial charge in [0.2, 0.25) is 0 Å². The van der Waals surface area contributed by atoms with E-state index in [4.69, 9.17) is 10.5 Å². The van der Waals surface area contributed by atoms with Crippen LogP contribution in [0.3, 0.4) is 0 Å². The van der Waals surface area contributed by atoms with Crippen molar-refractivity contribution in [1.29, 1.82) is 0 Å². The van der Waals surface area contributed by atoms with Crippen molar-refractivity contribution in [2.24, 2.45) is 5.73 Å². The molecule has 0 radical (unpaired) electrons. The van der Waals surface area contributed by atoms with Crippen molar-refractivity contribution in [2.75, 3.05) is 0 Å². The number of aliphatic hydroxyl groups excluding tert-OH is 1. The first-order valence-corrected chi connectivity index (χ1v) is 5.32. The Morgan fingerprint density at radius 3 is 2.75 bits per heavy atom. The van der Waals surface area contributed by atoms with E-state index in [9.17, 15) is 5.11 Å². The maximum absolute atomic E-state index is 9.48. The van der Waals surface area contributed by atoms with E-state index in [-0.39, 0.29) is 5.76 Å². The molecule has 1 aliphatic carbocycles. The van der Waals surface area contributed by atoms with E-state index in [1.807, 2.05) is 36.4 Å². The van der Waals surface area contributed by atoms with Crippen LogP contribution in [0, 0.1) is 0 Å². The number of hydrogen-bond acceptors (Lipinski definition) is 3. The zero-order valence-corrected chi connectivity index (χ0v) is 9.02. The van der Waals surface area contributed by atoms with Crippen LogP contribution in [0.5, 0.6) is 0 Å². The summed E-state index contributed by atoms with van der Waals surface area (Å²) in [6.45, 7) is 0.473. The van der Waals surface area contributed by atoms with Gasteiger partial charge in [0, 0.05) is 6.42 Å². The maximum atomic E-state index is 9.48. The molecule has 0 bridgehead atoms. The number of ether oxygens (including phenoxy) is 1. The van der Waals surface area contributed by atoms with Gasteiger partial charge < -0.3 is 15.6 Å². The molecule has 2 rings (SSSR count). The van der Waals surface area contributed by atoms with Gasteiger partial charge in [0.15, 0.2) is 0 Å². The van der Waals surface area contributed by atoms with Crippen LogP contribution in [0.25, 0.3) is 0 Å². The lowest BCUT2D eigenvalue weighted by atomic mass is 10.1. The molecule has 0 saturated carbocycles. The lowest BCUT2D eigenvalue weighted by Gasteiger charge is -2.16. The second-order valence-electron chi connectivity index (χ2n) is 3.74. The van der Waals surface area contributed by atoms with Crippen molar-refractivity contribution in [3.05, 3.63) is 59.2 Å². The fraction of sp³-hybridized carbons (Fsp3) is 0.231. The number of allylic oxidation sites excluding steroid dienone is 2. The second kappa shape index (κ2) is 4.75. The minimum absolute atomic E-state index is 0.227. The Morgan fingerprint density at radius 1 is 1.25 bits per heavy atom. The van der Waals surface area contributed by atoms with Gasteiger partial charge in [-0.15, -0.1) is 0 Å². The minimum atomic E-state index is 0.227. The second-order valence-corrected chi connectivity index (χ2v) is 3.74. The van der Waals surface area contributed by atoms with Crippen LogP contribution >= 0.6 is 0 Å². The lowest BCUT2D eigenvalue weighted by Crippen LogP contribution is -2.11. The normalized spacial score (nSPS) is 15.9. The summed E-state index contributed by atoms with van der Waals surface area (Å²) in [5.74, 6) is 0.818. The highest BCUT2D eigenvalue weighted by Gasteiger charge is 2.13. The van der Waals surface area contributed by atoms with Gasteiger partial charge in [-0.3, -0.25) is 0 Å². The van der Waals surface area contributed by atoms with Crippen molar-refractivity contribution in [3.63, 3.8) is 0 Å². The number of hydrogen-bond donors (Lipinski definition) is 2. The summed E-state index contributed by atoms with van der Waals surface area (Å²) in [5.41, 5.74) is 7.17. The zero-order valence-electron chi connectivity index (χ0n) is 9.02. The Labute approximate surface area is 94.8 Å². The summed E-state index contributed by atoms with van der Waals surface area (Å²) >= 11 is 0. The van der Waals surface area contributed by atoms with Gasteiger partial charge in [-0.2, -0.15) is 0 Å². The van der Waals surface area contributed by atoms with Crippen LogP contribution in [-0.2, 0) is 11.3 Å². The molecule has 0 heterocycles. The topological polar surface area (TPSA) is 55.5 Å². The first-order valence-electron chi connectivity index (χ1n) is 5.32. The largest absolute Gasteiger partial charge is 0.510 e. The van der Waals surface area contributed by atoms with Gasteiger partial charge in [-0.25, -0.2) is 0 Å². The van der Waals surface area contributed by atoms with E-state index in [0.29, 0.717) is 24.5 Å². The molecule has 84 valence electrons. The molecule has 0 unspecified atom stereocenters. The summed E-state index contributed by atoms with van der Waals surface area (Å²) in [6, 6.07) is 9.87. The highest BCUT2D eigenvalue weighted by molar-refractivity contribution is 5.29. The van der Waals surface area contributed by atoms with Gasteiger partial charge >= 0.3 is 0 Å². The fourth-order valence-electron chi connectivity index (χ4n) is 1.60. The molecular formula is C13H15NO2. The maximum Gasteiger partial charge on any atom is 0.142 e. The molecule has 3 heteroatoms. The molecule has 0 aromatic heterocycles. The molecule has 0 saturated heterocycles. The lowest BCUT2D eigenvalue weighted by molar-refractivity contribution is 0.198. The van der Waals surface area contributed by atoms with Crippen LogP contribution in [0.2, 0.25) is 0 Å². The Kier molecular flexibility index (Phi) is 3.15. The molecule has 0 aliphatic heterocycles. The number of benzene rings is 1. The van der Waals surface area contributed by atoms with E-state index in [0.717, 1.165) is 12.0 Å². The summed E-state index contributed by atoms with van der Waals surface area (Å²) in [5, 5.41) is 9.48. The number of rotatable bonds is 3. The quantitative estimate of drug-likeness (QED) is 0.818. The molecular weight excluding hydrogens is 202 g/mol. The van der Waals surface area contributed by atoms with Crippen LogP contribution < -0.4 is 5.73 Å². The SMILES string of the molecule is NC1=C(O)CCC=C1OCc1ccccc1. The predicted octanol–water partition coefficient (Wildman–Crippen LogP) is 2.61. The van der Waals surface area contributed by atoms with Crippen molar-refractivity contribution >= 4 is 0 Å². The molecule has 0 spiro atoms.